The van der Waals surface area contributed by atoms with E-state index in [1.54, 1.807) is 0 Å². The highest BCUT2D eigenvalue weighted by atomic mass is 15.4. The van der Waals surface area contributed by atoms with Crippen molar-refractivity contribution in [3.63, 3.8) is 0 Å². The molecule has 214 valence electrons. The molecule has 0 amide bonds. The zero-order valence-corrected chi connectivity index (χ0v) is 26.1. The molecule has 0 spiro atoms. The molecule has 7 nitrogen and oxygen atoms in total. The molecule has 0 aliphatic carbocycles. The Morgan fingerprint density at radius 3 is 1.30 bits per heavy atom. The largest absolute Gasteiger partial charge is 0.341 e. The van der Waals surface area contributed by atoms with E-state index >= 15 is 0 Å². The van der Waals surface area contributed by atoms with Crippen LogP contribution in [0.3, 0.4) is 0 Å². The average molecular weight is 518 g/mol. The van der Waals surface area contributed by atoms with Gasteiger partial charge in [-0.3, -0.25) is 4.90 Å². The third-order valence-corrected chi connectivity index (χ3v) is 8.44. The lowest BCUT2D eigenvalue weighted by Gasteiger charge is -2.55. The summed E-state index contributed by atoms with van der Waals surface area (Å²) in [6, 6.07) is 0.378. The van der Waals surface area contributed by atoms with Crippen molar-refractivity contribution in [2.75, 3.05) is 55.0 Å². The van der Waals surface area contributed by atoms with Crippen LogP contribution in [0.15, 0.2) is 0 Å². The maximum Gasteiger partial charge on any atom is 0.231 e. The van der Waals surface area contributed by atoms with E-state index in [9.17, 15) is 0 Å². The van der Waals surface area contributed by atoms with Crippen LogP contribution in [0.25, 0.3) is 0 Å². The van der Waals surface area contributed by atoms with Gasteiger partial charge >= 0.3 is 0 Å². The van der Waals surface area contributed by atoms with Gasteiger partial charge in [0.25, 0.3) is 0 Å². The summed E-state index contributed by atoms with van der Waals surface area (Å²) in [6.07, 6.45) is 11.5. The molecule has 7 heteroatoms. The Morgan fingerprint density at radius 2 is 0.973 bits per heavy atom. The molecule has 37 heavy (non-hydrogen) atoms. The second kappa shape index (κ2) is 14.5. The summed E-state index contributed by atoms with van der Waals surface area (Å²) in [7, 11) is 4.48. The highest BCUT2D eigenvalue weighted by molar-refractivity contribution is 5.47. The second-order valence-corrected chi connectivity index (χ2v) is 12.5. The smallest absolute Gasteiger partial charge is 0.231 e. The van der Waals surface area contributed by atoms with Crippen molar-refractivity contribution in [1.82, 2.24) is 19.9 Å². The van der Waals surface area contributed by atoms with Crippen LogP contribution in [0.4, 0.5) is 17.8 Å². The second-order valence-electron chi connectivity index (χ2n) is 12.5. The van der Waals surface area contributed by atoms with Crippen molar-refractivity contribution in [1.29, 1.82) is 0 Å². The lowest BCUT2D eigenvalue weighted by Crippen LogP contribution is -2.62. The molecular formula is C30H59N7. The number of anilines is 3. The fourth-order valence-electron chi connectivity index (χ4n) is 5.56. The van der Waals surface area contributed by atoms with E-state index in [1.807, 2.05) is 0 Å². The van der Waals surface area contributed by atoms with Gasteiger partial charge in [-0.05, 0) is 73.3 Å². The van der Waals surface area contributed by atoms with Gasteiger partial charge in [0.1, 0.15) is 0 Å². The molecule has 1 saturated heterocycles. The first-order valence-electron chi connectivity index (χ1n) is 15.2. The van der Waals surface area contributed by atoms with Crippen LogP contribution in [0, 0.1) is 0 Å². The Morgan fingerprint density at radius 1 is 0.649 bits per heavy atom. The minimum Gasteiger partial charge on any atom is -0.341 e. The lowest BCUT2D eigenvalue weighted by atomic mass is 9.77. The molecule has 1 aromatic rings. The summed E-state index contributed by atoms with van der Waals surface area (Å²) in [4.78, 5) is 25.2. The summed E-state index contributed by atoms with van der Waals surface area (Å²) in [5.74, 6) is 2.55. The first-order chi connectivity index (χ1) is 17.5. The molecule has 0 aromatic carbocycles. The first-order valence-corrected chi connectivity index (χ1v) is 15.2. The van der Waals surface area contributed by atoms with Crippen LogP contribution in [-0.2, 0) is 0 Å². The summed E-state index contributed by atoms with van der Waals surface area (Å²) < 4.78 is 0. The van der Waals surface area contributed by atoms with Crippen molar-refractivity contribution in [2.24, 2.45) is 0 Å². The van der Waals surface area contributed by atoms with Crippen molar-refractivity contribution < 1.29 is 0 Å². The van der Waals surface area contributed by atoms with Crippen molar-refractivity contribution >= 4 is 17.8 Å². The Bertz CT molecular complexity index is 722. The third-order valence-electron chi connectivity index (χ3n) is 8.44. The van der Waals surface area contributed by atoms with Crippen molar-refractivity contribution in [2.45, 2.75) is 137 Å². The molecule has 0 saturated carbocycles. The summed E-state index contributed by atoms with van der Waals surface area (Å²) in [6.45, 7) is 22.5. The molecule has 0 unspecified atom stereocenters. The predicted octanol–water partition coefficient (Wildman–Crippen LogP) is 6.77. The molecule has 0 radical (unpaired) electrons. The van der Waals surface area contributed by atoms with Gasteiger partial charge in [-0.1, -0.05) is 53.4 Å². The van der Waals surface area contributed by atoms with E-state index in [-0.39, 0.29) is 11.1 Å². The minimum absolute atomic E-state index is 0.113. The third kappa shape index (κ3) is 8.69. The van der Waals surface area contributed by atoms with Crippen LogP contribution in [0.1, 0.15) is 120 Å². The van der Waals surface area contributed by atoms with Crippen LogP contribution >= 0.6 is 0 Å². The summed E-state index contributed by atoms with van der Waals surface area (Å²) >= 11 is 0. The number of likely N-dealkylation sites (tertiary alicyclic amines) is 1. The zero-order chi connectivity index (χ0) is 27.6. The molecule has 1 aromatic heterocycles. The molecule has 2 rings (SSSR count). The first kappa shape index (κ1) is 31.6. The molecule has 2 heterocycles. The number of hydrogen-bond donors (Lipinski definition) is 0. The van der Waals surface area contributed by atoms with Gasteiger partial charge in [0.05, 0.1) is 0 Å². The van der Waals surface area contributed by atoms with Crippen LogP contribution in [0.5, 0.6) is 0 Å². The van der Waals surface area contributed by atoms with Crippen LogP contribution in [-0.4, -0.2) is 77.2 Å². The SMILES string of the molecule is CCCCN(CCCC)c1nc(N(CCCC)CCCC)nc(N(C)C2CC(C)(C)N(C)C(C)(C)C2)n1. The van der Waals surface area contributed by atoms with Crippen molar-refractivity contribution in [3.8, 4) is 0 Å². The standard InChI is InChI=1S/C30H59N7/c1-11-15-19-36(20-16-12-2)27-31-26(32-28(33-27)37(21-17-13-3)22-18-14-4)34(9)25-23-29(5,6)35(10)30(7,8)24-25/h25H,11-24H2,1-10H3. The molecule has 1 fully saturated rings. The Labute approximate surface area is 229 Å². The van der Waals surface area contributed by atoms with Crippen LogP contribution in [0.2, 0.25) is 0 Å². The van der Waals surface area contributed by atoms with Gasteiger partial charge in [-0.15, -0.1) is 0 Å². The van der Waals surface area contributed by atoms with Gasteiger partial charge in [0.15, 0.2) is 0 Å². The average Bonchev–Trinajstić information content (AvgIpc) is 2.86. The van der Waals surface area contributed by atoms with Crippen molar-refractivity contribution in [3.05, 3.63) is 0 Å². The number of aromatic nitrogens is 3. The monoisotopic (exact) mass is 517 g/mol. The number of nitrogens with zero attached hydrogens (tertiary/aromatic N) is 7. The van der Waals surface area contributed by atoms with E-state index in [1.165, 1.54) is 25.7 Å². The van der Waals surface area contributed by atoms with E-state index < -0.39 is 0 Å². The Balaban J connectivity index is 2.53. The maximum absolute atomic E-state index is 5.16. The van der Waals surface area contributed by atoms with Gasteiger partial charge in [0, 0.05) is 50.3 Å². The predicted molar refractivity (Wildman–Crippen MR) is 161 cm³/mol. The van der Waals surface area contributed by atoms with Crippen LogP contribution < -0.4 is 14.7 Å². The minimum atomic E-state index is 0.113. The summed E-state index contributed by atoms with van der Waals surface area (Å²) in [5.41, 5.74) is 0.226. The molecule has 0 N–H and O–H groups in total. The highest BCUT2D eigenvalue weighted by Crippen LogP contribution is 2.39. The van der Waals surface area contributed by atoms with E-state index in [4.69, 9.17) is 15.0 Å². The topological polar surface area (TPSA) is 51.6 Å². The van der Waals surface area contributed by atoms with E-state index in [0.29, 0.717) is 6.04 Å². The van der Waals surface area contributed by atoms with Gasteiger partial charge < -0.3 is 14.7 Å². The van der Waals surface area contributed by atoms with E-state index in [0.717, 1.165) is 82.5 Å². The number of hydrogen-bond acceptors (Lipinski definition) is 7. The molecule has 0 bridgehead atoms. The maximum atomic E-state index is 5.16. The highest BCUT2D eigenvalue weighted by Gasteiger charge is 2.44. The zero-order valence-electron chi connectivity index (χ0n) is 26.1. The lowest BCUT2D eigenvalue weighted by molar-refractivity contribution is -0.0121. The normalized spacial score (nSPS) is 17.7. The van der Waals surface area contributed by atoms with Gasteiger partial charge in [-0.25, -0.2) is 0 Å². The van der Waals surface area contributed by atoms with Gasteiger partial charge in [-0.2, -0.15) is 15.0 Å². The fourth-order valence-corrected chi connectivity index (χ4v) is 5.56. The number of rotatable bonds is 16. The van der Waals surface area contributed by atoms with E-state index in [2.05, 4.69) is 89.1 Å². The summed E-state index contributed by atoms with van der Waals surface area (Å²) in [5, 5.41) is 0. The number of piperidine rings is 1. The number of unbranched alkanes of at least 4 members (excludes halogenated alkanes) is 4. The molecular weight excluding hydrogens is 458 g/mol. The molecule has 1 aliphatic heterocycles. The quantitative estimate of drug-likeness (QED) is 0.240. The van der Waals surface area contributed by atoms with Gasteiger partial charge in [0.2, 0.25) is 17.8 Å². The molecule has 0 atom stereocenters. The Hall–Kier alpha value is -1.63. The molecule has 1 aliphatic rings. The fraction of sp³-hybridized carbons (Fsp3) is 0.900. The Kier molecular flexibility index (Phi) is 12.4.